The van der Waals surface area contributed by atoms with Gasteiger partial charge in [-0.3, -0.25) is 0 Å². The van der Waals surface area contributed by atoms with E-state index in [9.17, 15) is 17.6 Å². The maximum absolute atomic E-state index is 13.0. The van der Waals surface area contributed by atoms with E-state index in [1.54, 1.807) is 0 Å². The second-order valence-corrected chi connectivity index (χ2v) is 5.57. The summed E-state index contributed by atoms with van der Waals surface area (Å²) in [7, 11) is 0. The molecular formula is C16H18F4N2O. The summed E-state index contributed by atoms with van der Waals surface area (Å²) in [6, 6.07) is 2.51. The Morgan fingerprint density at radius 3 is 2.26 bits per heavy atom. The van der Waals surface area contributed by atoms with Crippen LogP contribution in [-0.4, -0.2) is 16.2 Å². The summed E-state index contributed by atoms with van der Waals surface area (Å²) in [4.78, 5) is 3.62. The fraction of sp³-hybridized carbons (Fsp3) is 0.438. The van der Waals surface area contributed by atoms with Crippen LogP contribution in [0.2, 0.25) is 0 Å². The number of anilines is 1. The molecule has 1 fully saturated rings. The lowest BCUT2D eigenvalue weighted by Crippen LogP contribution is -2.09. The lowest BCUT2D eigenvalue weighted by atomic mass is 9.98. The summed E-state index contributed by atoms with van der Waals surface area (Å²) in [5.41, 5.74) is 4.26. The third-order valence-corrected chi connectivity index (χ3v) is 3.70. The van der Waals surface area contributed by atoms with Gasteiger partial charge in [-0.2, -0.15) is 13.2 Å². The number of hydrogen-bond acceptors (Lipinski definition) is 3. The van der Waals surface area contributed by atoms with Crippen LogP contribution in [0.15, 0.2) is 24.4 Å². The summed E-state index contributed by atoms with van der Waals surface area (Å²) in [5.74, 6) is -0.990. The molecular weight excluding hydrogens is 312 g/mol. The van der Waals surface area contributed by atoms with E-state index < -0.39 is 17.6 Å². The van der Waals surface area contributed by atoms with E-state index in [4.69, 9.17) is 10.8 Å². The minimum Gasteiger partial charge on any atom is -0.393 e. The highest BCUT2D eigenvalue weighted by molar-refractivity contribution is 5.87. The molecule has 3 nitrogen and oxygen atoms in total. The van der Waals surface area contributed by atoms with Gasteiger partial charge in [-0.05, 0) is 36.4 Å². The molecule has 1 aromatic carbocycles. The Bertz CT molecular complexity index is 667. The number of benzene rings is 1. The predicted molar refractivity (Wildman–Crippen MR) is 80.2 cm³/mol. The van der Waals surface area contributed by atoms with E-state index in [-0.39, 0.29) is 22.7 Å². The second-order valence-electron chi connectivity index (χ2n) is 5.57. The van der Waals surface area contributed by atoms with Gasteiger partial charge in [-0.1, -0.05) is 19.3 Å². The van der Waals surface area contributed by atoms with Crippen LogP contribution < -0.4 is 5.73 Å². The normalized spacial score (nSPS) is 16.0. The molecule has 2 aromatic rings. The van der Waals surface area contributed by atoms with Crippen molar-refractivity contribution in [3.8, 4) is 0 Å². The Morgan fingerprint density at radius 2 is 1.74 bits per heavy atom. The molecule has 1 aromatic heterocycles. The number of fused-ring (bicyclic) bond motifs is 1. The van der Waals surface area contributed by atoms with E-state index in [0.29, 0.717) is 6.07 Å². The summed E-state index contributed by atoms with van der Waals surface area (Å²) in [6.45, 7) is 0. The Kier molecular flexibility index (Phi) is 5.41. The van der Waals surface area contributed by atoms with E-state index >= 15 is 0 Å². The minimum absolute atomic E-state index is 0.0359. The smallest absolute Gasteiger partial charge is 0.393 e. The molecule has 0 radical (unpaired) electrons. The van der Waals surface area contributed by atoms with Gasteiger partial charge in [0.05, 0.1) is 11.7 Å². The van der Waals surface area contributed by atoms with Crippen LogP contribution in [-0.2, 0) is 6.18 Å². The summed E-state index contributed by atoms with van der Waals surface area (Å²) in [5, 5.41) is 8.83. The van der Waals surface area contributed by atoms with E-state index in [1.807, 2.05) is 0 Å². The van der Waals surface area contributed by atoms with Crippen LogP contribution >= 0.6 is 0 Å². The molecule has 126 valence electrons. The van der Waals surface area contributed by atoms with Gasteiger partial charge in [-0.15, -0.1) is 0 Å². The van der Waals surface area contributed by atoms with Crippen LogP contribution in [0.1, 0.15) is 37.7 Å². The Balaban J connectivity index is 0.000000229. The standard InChI is InChI=1S/C10H6F4N2.C6H12O/c11-6-1-5-4-16-9(15)3-7(5)8(2-6)10(12,13)14;7-6-4-2-1-3-5-6/h1-4H,(H2,15,16);6-7H,1-5H2. The van der Waals surface area contributed by atoms with Gasteiger partial charge < -0.3 is 10.8 Å². The number of aliphatic hydroxyl groups is 1. The van der Waals surface area contributed by atoms with Gasteiger partial charge in [0.25, 0.3) is 0 Å². The molecule has 0 saturated heterocycles. The summed E-state index contributed by atoms with van der Waals surface area (Å²) < 4.78 is 50.8. The lowest BCUT2D eigenvalue weighted by Gasteiger charge is -2.14. The van der Waals surface area contributed by atoms with Gasteiger partial charge >= 0.3 is 6.18 Å². The van der Waals surface area contributed by atoms with Crippen LogP contribution in [0.4, 0.5) is 23.4 Å². The highest BCUT2D eigenvalue weighted by atomic mass is 19.4. The van der Waals surface area contributed by atoms with Gasteiger partial charge in [0.2, 0.25) is 0 Å². The number of nitrogens with zero attached hydrogens (tertiary/aromatic N) is 1. The summed E-state index contributed by atoms with van der Waals surface area (Å²) in [6.07, 6.45) is 2.42. The van der Waals surface area contributed by atoms with E-state index in [2.05, 4.69) is 4.98 Å². The molecule has 0 amide bonds. The largest absolute Gasteiger partial charge is 0.417 e. The number of pyridine rings is 1. The third kappa shape index (κ3) is 4.79. The molecule has 7 heteroatoms. The van der Waals surface area contributed by atoms with Crippen molar-refractivity contribution in [1.29, 1.82) is 0 Å². The van der Waals surface area contributed by atoms with E-state index in [0.717, 1.165) is 31.2 Å². The number of alkyl halides is 3. The van der Waals surface area contributed by atoms with Gasteiger partial charge in [0.15, 0.2) is 0 Å². The predicted octanol–water partition coefficient (Wildman–Crippen LogP) is 4.29. The van der Waals surface area contributed by atoms with Crippen molar-refractivity contribution >= 4 is 16.6 Å². The number of rotatable bonds is 0. The zero-order valence-electron chi connectivity index (χ0n) is 12.4. The first-order valence-corrected chi connectivity index (χ1v) is 7.37. The second kappa shape index (κ2) is 7.12. The fourth-order valence-corrected chi connectivity index (χ4v) is 2.55. The monoisotopic (exact) mass is 330 g/mol. The first kappa shape index (κ1) is 17.5. The van der Waals surface area contributed by atoms with Crippen LogP contribution in [0.3, 0.4) is 0 Å². The van der Waals surface area contributed by atoms with Crippen molar-refractivity contribution in [3.63, 3.8) is 0 Å². The zero-order valence-corrected chi connectivity index (χ0v) is 12.4. The number of aliphatic hydroxyl groups excluding tert-OH is 1. The summed E-state index contributed by atoms with van der Waals surface area (Å²) >= 11 is 0. The number of aromatic nitrogens is 1. The van der Waals surface area contributed by atoms with Crippen molar-refractivity contribution in [2.75, 3.05) is 5.73 Å². The van der Waals surface area contributed by atoms with Crippen molar-refractivity contribution in [2.45, 2.75) is 44.4 Å². The zero-order chi connectivity index (χ0) is 17.0. The van der Waals surface area contributed by atoms with Crippen LogP contribution in [0.25, 0.3) is 10.8 Å². The maximum Gasteiger partial charge on any atom is 0.417 e. The average Bonchev–Trinajstić information content (AvgIpc) is 2.47. The molecule has 3 N–H and O–H groups in total. The third-order valence-electron chi connectivity index (χ3n) is 3.70. The minimum atomic E-state index is -4.62. The number of nitrogen functional groups attached to an aromatic ring is 1. The number of hydrogen-bond donors (Lipinski definition) is 2. The molecule has 23 heavy (non-hydrogen) atoms. The molecule has 1 aliphatic carbocycles. The average molecular weight is 330 g/mol. The SMILES string of the molecule is Nc1cc2c(C(F)(F)F)cc(F)cc2cn1.OC1CCCCC1. The van der Waals surface area contributed by atoms with Gasteiger partial charge in [-0.25, -0.2) is 9.37 Å². The quantitative estimate of drug-likeness (QED) is 0.709. The van der Waals surface area contributed by atoms with Crippen LogP contribution in [0, 0.1) is 5.82 Å². The molecule has 1 heterocycles. The van der Waals surface area contributed by atoms with Crippen molar-refractivity contribution < 1.29 is 22.7 Å². The molecule has 1 aliphatic rings. The fourth-order valence-electron chi connectivity index (χ4n) is 2.55. The first-order valence-electron chi connectivity index (χ1n) is 7.37. The Hall–Kier alpha value is -1.89. The lowest BCUT2D eigenvalue weighted by molar-refractivity contribution is -0.136. The van der Waals surface area contributed by atoms with Gasteiger partial charge in [0, 0.05) is 11.6 Å². The van der Waals surface area contributed by atoms with Crippen LogP contribution in [0.5, 0.6) is 0 Å². The Labute approximate surface area is 131 Å². The molecule has 3 rings (SSSR count). The first-order chi connectivity index (χ1) is 10.8. The molecule has 0 unspecified atom stereocenters. The van der Waals surface area contributed by atoms with Crippen molar-refractivity contribution in [3.05, 3.63) is 35.8 Å². The van der Waals surface area contributed by atoms with Crippen molar-refractivity contribution in [2.24, 2.45) is 0 Å². The Morgan fingerprint density at radius 1 is 1.09 bits per heavy atom. The van der Waals surface area contributed by atoms with Gasteiger partial charge in [0.1, 0.15) is 11.6 Å². The highest BCUT2D eigenvalue weighted by Gasteiger charge is 2.33. The molecule has 0 spiro atoms. The highest BCUT2D eigenvalue weighted by Crippen LogP contribution is 2.35. The molecule has 0 atom stereocenters. The van der Waals surface area contributed by atoms with E-state index in [1.165, 1.54) is 19.3 Å². The molecule has 0 bridgehead atoms. The van der Waals surface area contributed by atoms with Crippen molar-refractivity contribution in [1.82, 2.24) is 4.98 Å². The molecule has 1 saturated carbocycles. The topological polar surface area (TPSA) is 59.1 Å². The number of halogens is 4. The molecule has 0 aliphatic heterocycles. The maximum atomic E-state index is 13.0. The number of nitrogens with two attached hydrogens (primary N) is 1.